The number of anilines is 6. The molecule has 7 fully saturated rings. The first-order chi connectivity index (χ1) is 67.6. The maximum absolute atomic E-state index is 14.1. The maximum Gasteiger partial charge on any atom is 0.246 e. The lowest BCUT2D eigenvalue weighted by Gasteiger charge is -2.43. The number of nitrogens with zero attached hydrogens (tertiary/aromatic N) is 21. The summed E-state index contributed by atoms with van der Waals surface area (Å²) in [7, 11) is 4.24. The number of fused-ring (bicyclic) bond motifs is 7. The second-order valence-corrected chi connectivity index (χ2v) is 39.2. The van der Waals surface area contributed by atoms with E-state index in [4.69, 9.17) is 29.2 Å². The van der Waals surface area contributed by atoms with Gasteiger partial charge in [0.2, 0.25) is 35.4 Å². The highest BCUT2D eigenvalue weighted by Gasteiger charge is 2.46. The molecule has 2 saturated carbocycles. The third kappa shape index (κ3) is 20.6. The zero-order valence-electron chi connectivity index (χ0n) is 81.1. The van der Waals surface area contributed by atoms with Gasteiger partial charge >= 0.3 is 0 Å². The molecule has 3 unspecified atom stereocenters. The number of halogens is 1. The number of likely N-dealkylation sites (tertiary alicyclic amines) is 2. The summed E-state index contributed by atoms with van der Waals surface area (Å²) in [5.74, 6) is 2.74. The number of amides is 3. The van der Waals surface area contributed by atoms with Crippen LogP contribution in [0.5, 0.6) is 17.6 Å². The molecule has 19 rings (SSSR count). The first-order valence-electron chi connectivity index (χ1n) is 49.5. The number of piperidine rings is 1. The molecule has 3 amide bonds. The van der Waals surface area contributed by atoms with Crippen LogP contribution in [0.1, 0.15) is 132 Å². The average molecular weight is 1870 g/mol. The zero-order valence-corrected chi connectivity index (χ0v) is 81.1. The number of benzene rings is 6. The molecule has 0 N–H and O–H groups in total. The molecule has 6 aromatic carbocycles. The second kappa shape index (κ2) is 43.4. The van der Waals surface area contributed by atoms with Crippen LogP contribution in [-0.2, 0) is 53.3 Å². The molecule has 11 heterocycles. The van der Waals surface area contributed by atoms with Gasteiger partial charge in [-0.05, 0) is 167 Å². The van der Waals surface area contributed by atoms with E-state index in [1.165, 1.54) is 98.1 Å². The van der Waals surface area contributed by atoms with Crippen molar-refractivity contribution in [3.05, 3.63) is 214 Å². The minimum Gasteiger partial charge on any atom is -0.477 e. The Kier molecular flexibility index (Phi) is 30.3. The Morgan fingerprint density at radius 3 is 1.14 bits per heavy atom. The number of pyridine rings is 3. The van der Waals surface area contributed by atoms with Crippen molar-refractivity contribution < 1.29 is 33.0 Å². The standard InChI is InChI=1S/C37H42FN7O2.C37H41N7O2.C37H43N7O2/c1-4-34(46)45-18-17-44(22-28(45)12-14-39)36-29-13-16-43(33-11-6-10-27-9-5-8-25(2)35(27)33)24-32(29)41-37(30(36)20-40)47-19-7-15-42-21-26(3)31(38)23-42;1-3-34(45)44-17-16-43(23-29(44)11-13-38)36-30-12-15-42(33-10-5-9-26-8-4-7-25(2)35(26)33)24-32(30)40-37(31(36)20-39)46-18-6-14-41-21-27-19-28(27)22-41;1-5-34(45)44-20-19-43(22-28(44)15-17-38)36-29-16-18-42(33-14-7-11-26-10-6-9-25(2)35(26)33)23-31(29)40-37(30(36)21-39)46-24-27-12-8-13-32(27)41(3)4/h4-6,8-11,26,28,31H,1,7,12-13,15-19,21-24H2,2-3H3;3-5,7-10,27-29H,1,6,11-12,14-19,21-24H2,2H3;5-7,9-11,14,27-28,32H,1,8,12-13,15-16,18-20,22-24H2,2-4H3/t26-,28-,31+;27?,28?,29-;27-,28-,32?/m000/s1. The molecule has 5 saturated heterocycles. The normalized spacial score (nSPS) is 21.5. The molecule has 0 radical (unpaired) electrons. The van der Waals surface area contributed by atoms with Crippen LogP contribution in [0.25, 0.3) is 32.3 Å². The van der Waals surface area contributed by atoms with Crippen LogP contribution < -0.4 is 43.6 Å². The number of piperazine rings is 3. The summed E-state index contributed by atoms with van der Waals surface area (Å²) in [5, 5.41) is 67.9. The second-order valence-electron chi connectivity index (χ2n) is 39.2. The number of rotatable bonds is 26. The highest BCUT2D eigenvalue weighted by atomic mass is 19.1. The van der Waals surface area contributed by atoms with Crippen molar-refractivity contribution in [3.8, 4) is 54.1 Å². The topological polar surface area (TPSA) is 299 Å². The fourth-order valence-electron chi connectivity index (χ4n) is 23.3. The number of aromatic nitrogens is 3. The maximum atomic E-state index is 14.1. The van der Waals surface area contributed by atoms with Crippen molar-refractivity contribution in [2.45, 2.75) is 155 Å². The third-order valence-electron chi connectivity index (χ3n) is 30.3. The fourth-order valence-corrected chi connectivity index (χ4v) is 23.3. The lowest BCUT2D eigenvalue weighted by Crippen LogP contribution is -2.55. The number of carbonyl (C=O) groups is 3. The van der Waals surface area contributed by atoms with E-state index in [1.807, 2.05) is 6.92 Å². The predicted octanol–water partition coefficient (Wildman–Crippen LogP) is 15.2. The molecule has 9 atom stereocenters. The number of hydrogen-bond donors (Lipinski definition) is 0. The van der Waals surface area contributed by atoms with E-state index in [0.717, 1.165) is 140 Å². The molecule has 718 valence electrons. The lowest BCUT2D eigenvalue weighted by atomic mass is 9.95. The number of hydrogen-bond acceptors (Lipinski definition) is 24. The molecule has 10 aliphatic rings. The van der Waals surface area contributed by atoms with Crippen molar-refractivity contribution in [1.29, 1.82) is 31.6 Å². The van der Waals surface area contributed by atoms with Crippen molar-refractivity contribution in [3.63, 3.8) is 0 Å². The molecule has 9 aromatic rings. The summed E-state index contributed by atoms with van der Waals surface area (Å²) in [5.41, 5.74) is 16.8. The van der Waals surface area contributed by atoms with Crippen LogP contribution in [0.3, 0.4) is 0 Å². The Morgan fingerprint density at radius 2 is 0.806 bits per heavy atom. The van der Waals surface area contributed by atoms with Gasteiger partial charge in [-0.15, -0.1) is 0 Å². The SMILES string of the molecule is C=CC(=O)N1CCN(c2c(C#N)c(OCCCN3CC4CC4C3)nc3c2CCN(c2cccc4cccc(C)c24)C3)C[C@@H]1CC#N.C=CC(=O)N1CCN(c2c(C#N)c(OCCCN3C[C@@H](F)[C@@H](C)C3)nc3c2CCN(c2cccc4cccc(C)c24)C3)C[C@@H]1CC#N.C=CC(=O)N1CCN(c2c(C#N)c(OC[C@@H]3CCCC3N(C)C)nc3c2CCN(c2cccc4cccc(C)c24)C3)C[C@@H]1CC#N. The number of carbonyl (C=O) groups excluding carboxylic acids is 3. The van der Waals surface area contributed by atoms with E-state index in [-0.39, 0.29) is 61.0 Å². The Morgan fingerprint density at radius 1 is 0.453 bits per heavy atom. The molecule has 0 bridgehead atoms. The van der Waals surface area contributed by atoms with Gasteiger partial charge in [0, 0.05) is 186 Å². The number of ether oxygens (including phenoxy) is 3. The van der Waals surface area contributed by atoms with Crippen molar-refractivity contribution in [2.75, 3.05) is 181 Å². The smallest absolute Gasteiger partial charge is 0.246 e. The van der Waals surface area contributed by atoms with Crippen LogP contribution in [-0.4, -0.2) is 244 Å². The first-order valence-corrected chi connectivity index (χ1v) is 49.5. The van der Waals surface area contributed by atoms with Gasteiger partial charge in [0.1, 0.15) is 41.1 Å². The monoisotopic (exact) mass is 1870 g/mol. The summed E-state index contributed by atoms with van der Waals surface area (Å²) in [6.07, 6.45) is 12.2. The molecular formula is C111H126FN21O6. The van der Waals surface area contributed by atoms with Gasteiger partial charge in [-0.3, -0.25) is 19.3 Å². The van der Waals surface area contributed by atoms with Gasteiger partial charge in [-0.2, -0.15) is 31.6 Å². The summed E-state index contributed by atoms with van der Waals surface area (Å²) in [6, 6.07) is 52.1. The van der Waals surface area contributed by atoms with E-state index in [2.05, 4.69) is 244 Å². The predicted molar refractivity (Wildman–Crippen MR) is 541 cm³/mol. The van der Waals surface area contributed by atoms with Gasteiger partial charge < -0.3 is 68.1 Å². The van der Waals surface area contributed by atoms with Crippen molar-refractivity contribution in [1.82, 2.24) is 44.4 Å². The van der Waals surface area contributed by atoms with E-state index in [9.17, 15) is 50.3 Å². The molecule has 28 heteroatoms. The highest BCUT2D eigenvalue weighted by molar-refractivity contribution is 6.00. The van der Waals surface area contributed by atoms with Crippen molar-refractivity contribution >= 4 is 84.2 Å². The van der Waals surface area contributed by atoms with Crippen LogP contribution in [0.4, 0.5) is 38.5 Å². The number of alkyl halides is 1. The quantitative estimate of drug-likeness (QED) is 0.0359. The molecule has 8 aliphatic heterocycles. The van der Waals surface area contributed by atoms with Gasteiger partial charge in [0.05, 0.1) is 129 Å². The minimum absolute atomic E-state index is 0.0338. The van der Waals surface area contributed by atoms with Crippen molar-refractivity contribution in [2.24, 2.45) is 23.7 Å². The summed E-state index contributed by atoms with van der Waals surface area (Å²) < 4.78 is 33.3. The number of aryl methyl sites for hydroxylation is 3. The van der Waals surface area contributed by atoms with Gasteiger partial charge in [-0.1, -0.05) is 124 Å². The zero-order chi connectivity index (χ0) is 97.2. The molecule has 2 aliphatic carbocycles. The van der Waals surface area contributed by atoms with E-state index >= 15 is 0 Å². The van der Waals surface area contributed by atoms with E-state index in [0.29, 0.717) is 171 Å². The molecule has 27 nitrogen and oxygen atoms in total. The van der Waals surface area contributed by atoms with Gasteiger partial charge in [0.15, 0.2) is 0 Å². The Bertz CT molecular complexity index is 6400. The summed E-state index contributed by atoms with van der Waals surface area (Å²) in [4.78, 5) is 78.9. The highest BCUT2D eigenvalue weighted by Crippen LogP contribution is 2.48. The molecule has 3 aromatic heterocycles. The fraction of sp³-hybridized carbons (Fsp3) is 0.459. The molecular weight excluding hydrogens is 1740 g/mol. The summed E-state index contributed by atoms with van der Waals surface area (Å²) in [6.45, 7) is 34.3. The van der Waals surface area contributed by atoms with E-state index < -0.39 is 6.17 Å². The van der Waals surface area contributed by atoms with Gasteiger partial charge in [-0.25, -0.2) is 19.3 Å². The Balaban J connectivity index is 0.000000144. The van der Waals surface area contributed by atoms with Gasteiger partial charge in [0.25, 0.3) is 0 Å². The summed E-state index contributed by atoms with van der Waals surface area (Å²) >= 11 is 0. The Hall–Kier alpha value is -13.9. The minimum atomic E-state index is -0.799. The van der Waals surface area contributed by atoms with Crippen LogP contribution in [0, 0.1) is 112 Å². The molecule has 139 heavy (non-hydrogen) atoms. The largest absolute Gasteiger partial charge is 0.477 e. The number of nitriles is 6. The first kappa shape index (κ1) is 96.8. The molecule has 0 spiro atoms. The van der Waals surface area contributed by atoms with E-state index in [1.54, 1.807) is 14.7 Å². The van der Waals surface area contributed by atoms with Crippen LogP contribution in [0.2, 0.25) is 0 Å². The average Bonchev–Trinajstić information content (AvgIpc) is 0.936. The Labute approximate surface area is 816 Å². The van der Waals surface area contributed by atoms with Crippen LogP contribution >= 0.6 is 0 Å². The van der Waals surface area contributed by atoms with Crippen LogP contribution in [0.15, 0.2) is 147 Å². The lowest BCUT2D eigenvalue weighted by molar-refractivity contribution is -0.129. The third-order valence-corrected chi connectivity index (χ3v) is 30.3.